The van der Waals surface area contributed by atoms with Crippen molar-refractivity contribution in [2.24, 2.45) is 0 Å². The Hall–Kier alpha value is -3.48. The van der Waals surface area contributed by atoms with Crippen molar-refractivity contribution in [3.63, 3.8) is 0 Å². The molecule has 0 radical (unpaired) electrons. The minimum atomic E-state index is -0.132. The number of nitrogens with one attached hydrogen (secondary N) is 1. The third-order valence-corrected chi connectivity index (χ3v) is 4.29. The molecule has 7 nitrogen and oxygen atoms in total. The van der Waals surface area contributed by atoms with Crippen LogP contribution >= 0.6 is 0 Å². The summed E-state index contributed by atoms with van der Waals surface area (Å²) in [6.07, 6.45) is 1.89. The molecule has 0 bridgehead atoms. The Kier molecular flexibility index (Phi) is 6.16. The lowest BCUT2D eigenvalue weighted by Crippen LogP contribution is -2.18. The number of hydrogen-bond acceptors (Lipinski definition) is 5. The van der Waals surface area contributed by atoms with E-state index in [1.807, 2.05) is 42.5 Å². The second-order valence-electron chi connectivity index (χ2n) is 6.10. The van der Waals surface area contributed by atoms with Gasteiger partial charge in [0.15, 0.2) is 11.5 Å². The number of hydrogen-bond donors (Lipinski definition) is 1. The summed E-state index contributed by atoms with van der Waals surface area (Å²) in [5.41, 5.74) is 1.77. The van der Waals surface area contributed by atoms with Crippen LogP contribution in [-0.4, -0.2) is 37.0 Å². The highest BCUT2D eigenvalue weighted by Gasteiger charge is 2.13. The molecule has 0 saturated heterocycles. The highest BCUT2D eigenvalue weighted by Crippen LogP contribution is 2.31. The maximum absolute atomic E-state index is 12.5. The van der Waals surface area contributed by atoms with Crippen molar-refractivity contribution in [2.75, 3.05) is 26.6 Å². The summed E-state index contributed by atoms with van der Waals surface area (Å²) < 4.78 is 17.7. The largest absolute Gasteiger partial charge is 0.497 e. The van der Waals surface area contributed by atoms with Gasteiger partial charge < -0.3 is 19.5 Å². The molecule has 0 saturated carbocycles. The van der Waals surface area contributed by atoms with Crippen LogP contribution in [0.5, 0.6) is 17.2 Å². The van der Waals surface area contributed by atoms with Gasteiger partial charge in [-0.1, -0.05) is 24.3 Å². The fourth-order valence-electron chi connectivity index (χ4n) is 2.96. The van der Waals surface area contributed by atoms with E-state index in [0.29, 0.717) is 23.9 Å². The maximum atomic E-state index is 12.5. The van der Waals surface area contributed by atoms with Crippen molar-refractivity contribution < 1.29 is 19.0 Å². The third-order valence-electron chi connectivity index (χ3n) is 4.29. The molecule has 0 aliphatic carbocycles. The summed E-state index contributed by atoms with van der Waals surface area (Å²) in [5, 5.41) is 7.23. The second-order valence-corrected chi connectivity index (χ2v) is 6.10. The number of nitrogens with zero attached hydrogens (tertiary/aromatic N) is 2. The summed E-state index contributed by atoms with van der Waals surface area (Å²) in [4.78, 5) is 12.5. The van der Waals surface area contributed by atoms with Gasteiger partial charge in [0.05, 0.1) is 40.5 Å². The minimum Gasteiger partial charge on any atom is -0.497 e. The smallest absolute Gasteiger partial charge is 0.229 e. The topological polar surface area (TPSA) is 74.6 Å². The van der Waals surface area contributed by atoms with Gasteiger partial charge in [0.25, 0.3) is 0 Å². The lowest BCUT2D eigenvalue weighted by atomic mass is 10.1. The molecule has 0 aliphatic heterocycles. The van der Waals surface area contributed by atoms with E-state index >= 15 is 0 Å². The van der Waals surface area contributed by atoms with Crippen molar-refractivity contribution in [1.82, 2.24) is 9.78 Å². The maximum Gasteiger partial charge on any atom is 0.229 e. The van der Waals surface area contributed by atoms with Gasteiger partial charge in [-0.05, 0) is 23.8 Å². The van der Waals surface area contributed by atoms with Crippen LogP contribution in [0.4, 0.5) is 5.82 Å². The van der Waals surface area contributed by atoms with E-state index in [4.69, 9.17) is 14.2 Å². The number of carbonyl (C=O) groups is 1. The number of amides is 1. The van der Waals surface area contributed by atoms with E-state index in [0.717, 1.165) is 16.9 Å². The Labute approximate surface area is 163 Å². The first kappa shape index (κ1) is 19.3. The van der Waals surface area contributed by atoms with Crippen LogP contribution in [0.25, 0.3) is 0 Å². The van der Waals surface area contributed by atoms with Crippen LogP contribution < -0.4 is 19.5 Å². The summed E-state index contributed by atoms with van der Waals surface area (Å²) in [7, 11) is 4.80. The van der Waals surface area contributed by atoms with Gasteiger partial charge in [-0.15, -0.1) is 0 Å². The van der Waals surface area contributed by atoms with E-state index < -0.39 is 0 Å². The SMILES string of the molecule is COc1cccc(CC(=O)Nc2ccnn2Cc2cccc(OC)c2OC)c1. The molecule has 0 atom stereocenters. The van der Waals surface area contributed by atoms with Gasteiger partial charge in [-0.3, -0.25) is 4.79 Å². The number of para-hydroxylation sites is 1. The first-order valence-electron chi connectivity index (χ1n) is 8.79. The Bertz CT molecular complexity index is 952. The zero-order chi connectivity index (χ0) is 19.9. The Morgan fingerprint density at radius 3 is 2.61 bits per heavy atom. The number of anilines is 1. The second kappa shape index (κ2) is 8.94. The zero-order valence-corrected chi connectivity index (χ0v) is 16.1. The van der Waals surface area contributed by atoms with Gasteiger partial charge >= 0.3 is 0 Å². The molecule has 0 unspecified atom stereocenters. The average molecular weight is 381 g/mol. The normalized spacial score (nSPS) is 10.4. The van der Waals surface area contributed by atoms with E-state index in [-0.39, 0.29) is 12.3 Å². The van der Waals surface area contributed by atoms with Gasteiger partial charge in [-0.25, -0.2) is 4.68 Å². The first-order valence-corrected chi connectivity index (χ1v) is 8.79. The highest BCUT2D eigenvalue weighted by molar-refractivity contribution is 5.91. The molecule has 1 heterocycles. The Balaban J connectivity index is 1.73. The van der Waals surface area contributed by atoms with Crippen LogP contribution in [0.15, 0.2) is 54.7 Å². The Morgan fingerprint density at radius 2 is 1.86 bits per heavy atom. The number of rotatable bonds is 8. The molecule has 0 spiro atoms. The van der Waals surface area contributed by atoms with Crippen LogP contribution in [-0.2, 0) is 17.8 Å². The molecule has 0 fully saturated rings. The van der Waals surface area contributed by atoms with E-state index in [1.165, 1.54) is 0 Å². The molecule has 28 heavy (non-hydrogen) atoms. The lowest BCUT2D eigenvalue weighted by Gasteiger charge is -2.14. The molecule has 1 amide bonds. The van der Waals surface area contributed by atoms with Crippen LogP contribution in [0, 0.1) is 0 Å². The summed E-state index contributed by atoms with van der Waals surface area (Å²) in [6.45, 7) is 0.433. The molecule has 7 heteroatoms. The summed E-state index contributed by atoms with van der Waals surface area (Å²) in [5.74, 6) is 2.50. The van der Waals surface area contributed by atoms with Crippen molar-refractivity contribution in [3.8, 4) is 17.2 Å². The highest BCUT2D eigenvalue weighted by atomic mass is 16.5. The van der Waals surface area contributed by atoms with Gasteiger partial charge in [0.2, 0.25) is 5.91 Å². The molecule has 3 rings (SSSR count). The fraction of sp³-hybridized carbons (Fsp3) is 0.238. The molecule has 1 N–H and O–H groups in total. The summed E-state index contributed by atoms with van der Waals surface area (Å²) >= 11 is 0. The standard InChI is InChI=1S/C21H23N3O4/c1-26-17-8-4-6-15(12-17)13-20(25)23-19-10-11-22-24(19)14-16-7-5-9-18(27-2)21(16)28-3/h4-12H,13-14H2,1-3H3,(H,23,25). The molecule has 3 aromatic rings. The van der Waals surface area contributed by atoms with Crippen molar-refractivity contribution in [3.05, 3.63) is 65.9 Å². The molecule has 1 aromatic heterocycles. The van der Waals surface area contributed by atoms with Crippen LogP contribution in [0.1, 0.15) is 11.1 Å². The third kappa shape index (κ3) is 4.43. The van der Waals surface area contributed by atoms with E-state index in [9.17, 15) is 4.79 Å². The molecular weight excluding hydrogens is 358 g/mol. The molecule has 0 aliphatic rings. The molecule has 146 valence electrons. The quantitative estimate of drug-likeness (QED) is 0.649. The predicted octanol–water partition coefficient (Wildman–Crippen LogP) is 3.14. The molecular formula is C21H23N3O4. The number of methoxy groups -OCH3 is 3. The number of aromatic nitrogens is 2. The molecule has 2 aromatic carbocycles. The van der Waals surface area contributed by atoms with Gasteiger partial charge in [-0.2, -0.15) is 5.10 Å². The van der Waals surface area contributed by atoms with Crippen LogP contribution in [0.2, 0.25) is 0 Å². The average Bonchev–Trinajstić information content (AvgIpc) is 3.14. The number of benzene rings is 2. The van der Waals surface area contributed by atoms with Gasteiger partial charge in [0, 0.05) is 11.6 Å². The minimum absolute atomic E-state index is 0.132. The van der Waals surface area contributed by atoms with E-state index in [1.54, 1.807) is 38.3 Å². The van der Waals surface area contributed by atoms with Crippen molar-refractivity contribution >= 4 is 11.7 Å². The van der Waals surface area contributed by atoms with Gasteiger partial charge in [0.1, 0.15) is 11.6 Å². The lowest BCUT2D eigenvalue weighted by molar-refractivity contribution is -0.115. The number of ether oxygens (including phenoxy) is 3. The van der Waals surface area contributed by atoms with Crippen molar-refractivity contribution in [1.29, 1.82) is 0 Å². The van der Waals surface area contributed by atoms with Crippen LogP contribution in [0.3, 0.4) is 0 Å². The van der Waals surface area contributed by atoms with E-state index in [2.05, 4.69) is 10.4 Å². The predicted molar refractivity (Wildman–Crippen MR) is 106 cm³/mol. The monoisotopic (exact) mass is 381 g/mol. The fourth-order valence-corrected chi connectivity index (χ4v) is 2.96. The number of carbonyl (C=O) groups excluding carboxylic acids is 1. The summed E-state index contributed by atoms with van der Waals surface area (Å²) in [6, 6.07) is 14.9. The zero-order valence-electron chi connectivity index (χ0n) is 16.1. The Morgan fingerprint density at radius 1 is 1.04 bits per heavy atom. The first-order chi connectivity index (χ1) is 13.6. The van der Waals surface area contributed by atoms with Crippen molar-refractivity contribution in [2.45, 2.75) is 13.0 Å².